The summed E-state index contributed by atoms with van der Waals surface area (Å²) in [6, 6.07) is -2.89. The molecule has 6 aromatic heterocycles. The number of aliphatic carboxylic acids is 6. The van der Waals surface area contributed by atoms with Gasteiger partial charge >= 0.3 is 0 Å². The van der Waals surface area contributed by atoms with Crippen molar-refractivity contribution in [2.75, 3.05) is 0 Å². The minimum atomic E-state index is -1.25. The van der Waals surface area contributed by atoms with E-state index in [1.54, 1.807) is 0 Å². The standard InChI is InChI=1S/3C6H9N3O2.3C6H6N2O2.Mo/c3*7-5(6(10)11)1-4-2-8-3-9-4;3*9-6(10)2-1-5-3-7-4-8-5;/h3*2-3,5H,1,7H2,(H,8,9)(H,10,11);3*1-4H,(H,7,8)(H,9,10);/p-6/t3*5-;;;;/m000..../s1. The summed E-state index contributed by atoms with van der Waals surface area (Å²) in [5.41, 5.74) is 19.6. The second-order valence-corrected chi connectivity index (χ2v) is 11.6. The molecular weight excluding hydrogens is 930 g/mol. The van der Waals surface area contributed by atoms with E-state index in [-0.39, 0.29) is 40.3 Å². The van der Waals surface area contributed by atoms with Crippen LogP contribution in [0.3, 0.4) is 0 Å². The molecule has 0 saturated carbocycles. The zero-order valence-electron chi connectivity index (χ0n) is 33.0. The summed E-state index contributed by atoms with van der Waals surface area (Å²) >= 11 is 0. The van der Waals surface area contributed by atoms with Gasteiger partial charge in [0.15, 0.2) is 0 Å². The number of carbonyl (C=O) groups excluding carboxylic acids is 6. The van der Waals surface area contributed by atoms with Crippen molar-refractivity contribution in [3.05, 3.63) is 128 Å². The molecule has 27 nitrogen and oxygen atoms in total. The van der Waals surface area contributed by atoms with Crippen molar-refractivity contribution >= 4 is 54.0 Å². The number of carbonyl (C=O) groups is 6. The van der Waals surface area contributed by atoms with Gasteiger partial charge in [-0.05, 0) is 36.5 Å². The molecule has 0 fully saturated rings. The zero-order chi connectivity index (χ0) is 47.0. The van der Waals surface area contributed by atoms with Crippen molar-refractivity contribution in [1.29, 1.82) is 0 Å². The fourth-order valence-electron chi connectivity index (χ4n) is 3.70. The van der Waals surface area contributed by atoms with E-state index in [1.165, 1.54) is 93.4 Å². The number of nitrogens with two attached hydrogens (primary N) is 3. The van der Waals surface area contributed by atoms with Gasteiger partial charge in [-0.1, -0.05) is 0 Å². The van der Waals surface area contributed by atoms with Crippen LogP contribution in [0.1, 0.15) is 34.2 Å². The van der Waals surface area contributed by atoms with Crippen molar-refractivity contribution in [3.8, 4) is 0 Å². The van der Waals surface area contributed by atoms with Crippen molar-refractivity contribution in [1.82, 2.24) is 59.8 Å². The van der Waals surface area contributed by atoms with E-state index in [2.05, 4.69) is 59.8 Å². The molecule has 0 aromatic carbocycles. The number of nitrogens with one attached hydrogen (secondary N) is 6. The summed E-state index contributed by atoms with van der Waals surface area (Å²) in [5, 5.41) is 60.1. The minimum Gasteiger partial charge on any atom is -0.548 e. The Hall–Kier alpha value is -8.13. The van der Waals surface area contributed by atoms with Crippen LogP contribution in [0.25, 0.3) is 18.2 Å². The molecule has 0 aliphatic rings. The molecule has 0 aliphatic carbocycles. The van der Waals surface area contributed by atoms with Gasteiger partial charge in [-0.25, -0.2) is 29.9 Å². The van der Waals surface area contributed by atoms with E-state index < -0.39 is 53.9 Å². The maximum absolute atomic E-state index is 10.2. The van der Waals surface area contributed by atoms with Crippen LogP contribution in [0, 0.1) is 0 Å². The zero-order valence-corrected chi connectivity index (χ0v) is 35.0. The summed E-state index contributed by atoms with van der Waals surface area (Å²) in [6.07, 6.45) is 25.6. The minimum absolute atomic E-state index is 0. The van der Waals surface area contributed by atoms with Gasteiger partial charge in [0.25, 0.3) is 0 Å². The molecule has 6 heterocycles. The number of imidazole rings is 6. The third-order valence-electron chi connectivity index (χ3n) is 6.65. The Morgan fingerprint density at radius 2 is 0.641 bits per heavy atom. The Bertz CT molecular complexity index is 1990. The molecule has 0 aliphatic heterocycles. The molecule has 6 aromatic rings. The SMILES string of the molecule is N[C@@H](Cc1cnc[nH]1)C(=O)[O-].N[C@@H](Cc1cnc[nH]1)C(=O)[O-].N[C@@H](Cc1cnc[nH]1)C(=O)[O-].O=C([O-])C=Cc1cnc[nH]1.O=C([O-])C=Cc1cnc[nH]1.O=C([O-])C=Cc1cnc[nH]1.[Mo]. The monoisotopic (exact) mass is 971 g/mol. The van der Waals surface area contributed by atoms with Crippen LogP contribution in [0.15, 0.2) is 93.4 Å². The molecule has 64 heavy (non-hydrogen) atoms. The van der Waals surface area contributed by atoms with Crippen LogP contribution in [-0.2, 0) is 69.1 Å². The normalized spacial score (nSPS) is 11.5. The second-order valence-electron chi connectivity index (χ2n) is 11.6. The summed E-state index contributed by atoms with van der Waals surface area (Å²) in [6.45, 7) is 0. The molecule has 0 radical (unpaired) electrons. The number of aromatic amines is 6. The average Bonchev–Trinajstić information content (AvgIpc) is 4.09. The Balaban J connectivity index is 0.000000742. The predicted octanol–water partition coefficient (Wildman–Crippen LogP) is -8.40. The van der Waals surface area contributed by atoms with E-state index in [9.17, 15) is 59.4 Å². The van der Waals surface area contributed by atoms with Gasteiger partial charge in [0.05, 0.1) is 109 Å². The van der Waals surface area contributed by atoms with Gasteiger partial charge in [-0.15, -0.1) is 0 Å². The molecule has 28 heteroatoms. The van der Waals surface area contributed by atoms with E-state index in [4.69, 9.17) is 17.2 Å². The number of carboxylic acids is 6. The van der Waals surface area contributed by atoms with Crippen LogP contribution < -0.4 is 47.8 Å². The third kappa shape index (κ3) is 28.4. The fraction of sp³-hybridized carbons (Fsp3) is 0.167. The van der Waals surface area contributed by atoms with Gasteiger partial charge in [-0.3, -0.25) is 0 Å². The number of aromatic nitrogens is 12. The van der Waals surface area contributed by atoms with E-state index >= 15 is 0 Å². The van der Waals surface area contributed by atoms with Crippen LogP contribution in [0.5, 0.6) is 0 Å². The van der Waals surface area contributed by atoms with Gasteiger partial charge in [0.1, 0.15) is 0 Å². The van der Waals surface area contributed by atoms with Crippen molar-refractivity contribution in [2.24, 2.45) is 17.2 Å². The van der Waals surface area contributed by atoms with Crippen molar-refractivity contribution in [2.45, 2.75) is 37.4 Å². The van der Waals surface area contributed by atoms with Crippen LogP contribution in [0.4, 0.5) is 0 Å². The van der Waals surface area contributed by atoms with Crippen LogP contribution in [-0.4, -0.2) is 114 Å². The predicted molar refractivity (Wildman–Crippen MR) is 204 cm³/mol. The van der Waals surface area contributed by atoms with E-state index in [0.29, 0.717) is 34.2 Å². The first-order chi connectivity index (χ1) is 30.0. The smallest absolute Gasteiger partial charge is 0.0924 e. The maximum Gasteiger partial charge on any atom is 0.0924 e. The molecule has 6 rings (SSSR count). The molecule has 342 valence electrons. The van der Waals surface area contributed by atoms with E-state index in [1.807, 2.05) is 0 Å². The first-order valence-electron chi connectivity index (χ1n) is 17.4. The second kappa shape index (κ2) is 32.6. The van der Waals surface area contributed by atoms with E-state index in [0.717, 1.165) is 18.2 Å². The molecule has 0 unspecified atom stereocenters. The first-order valence-corrected chi connectivity index (χ1v) is 17.4. The molecule has 0 bridgehead atoms. The number of nitrogens with zero attached hydrogens (tertiary/aromatic N) is 6. The number of hydrogen-bond acceptors (Lipinski definition) is 21. The van der Waals surface area contributed by atoms with Crippen molar-refractivity contribution < 1.29 is 80.5 Å². The number of carboxylic acid groups (broad SMARTS) is 6. The van der Waals surface area contributed by atoms with Crippen LogP contribution in [0.2, 0.25) is 0 Å². The molecule has 0 spiro atoms. The van der Waals surface area contributed by atoms with Gasteiger partial charge in [0, 0.05) is 94.1 Å². The third-order valence-corrected chi connectivity index (χ3v) is 6.65. The topological polar surface area (TPSA) is 491 Å². The van der Waals surface area contributed by atoms with Gasteiger partial charge < -0.3 is 107 Å². The molecule has 0 amide bonds. The maximum atomic E-state index is 10.2. The van der Waals surface area contributed by atoms with Crippen molar-refractivity contribution in [3.63, 3.8) is 0 Å². The summed E-state index contributed by atoms with van der Waals surface area (Å²) in [4.78, 5) is 98.6. The summed E-state index contributed by atoms with van der Waals surface area (Å²) in [5.74, 6) is -7.39. The van der Waals surface area contributed by atoms with Crippen LogP contribution >= 0.6 is 0 Å². The van der Waals surface area contributed by atoms with Gasteiger partial charge in [0.2, 0.25) is 0 Å². The Morgan fingerprint density at radius 3 is 0.797 bits per heavy atom. The number of hydrogen-bond donors (Lipinski definition) is 9. The average molecular weight is 970 g/mol. The molecule has 0 saturated heterocycles. The molecule has 3 atom stereocenters. The Kier molecular flexibility index (Phi) is 28.5. The number of H-pyrrole nitrogens is 6. The summed E-state index contributed by atoms with van der Waals surface area (Å²) in [7, 11) is 0. The summed E-state index contributed by atoms with van der Waals surface area (Å²) < 4.78 is 0. The van der Waals surface area contributed by atoms with Gasteiger partial charge in [-0.2, -0.15) is 0 Å². The Labute approximate surface area is 375 Å². The quantitative estimate of drug-likeness (QED) is 0.0341. The Morgan fingerprint density at radius 1 is 0.422 bits per heavy atom. The molecular formula is C36H39MoN15O12-6. The largest absolute Gasteiger partial charge is 0.548 e. The molecule has 12 N–H and O–H groups in total. The number of rotatable bonds is 15. The fourth-order valence-corrected chi connectivity index (χ4v) is 3.70. The first kappa shape index (κ1) is 55.9.